The highest BCUT2D eigenvalue weighted by atomic mass is 35.5. The van der Waals surface area contributed by atoms with Crippen LogP contribution in [0.1, 0.15) is 56.4 Å². The number of hydrogen-bond donors (Lipinski definition) is 1. The van der Waals surface area contributed by atoms with Crippen LogP contribution in [0.5, 0.6) is 0 Å². The van der Waals surface area contributed by atoms with E-state index in [1.54, 1.807) is 48.5 Å². The molecule has 2 aromatic rings. The summed E-state index contributed by atoms with van der Waals surface area (Å²) in [4.78, 5) is 28.8. The lowest BCUT2D eigenvalue weighted by Gasteiger charge is -2.48. The molecule has 0 spiro atoms. The molecule has 4 rings (SSSR count). The summed E-state index contributed by atoms with van der Waals surface area (Å²) >= 11 is 12.4. The maximum atomic E-state index is 14.0. The third-order valence-electron chi connectivity index (χ3n) is 7.12. The second-order valence-corrected chi connectivity index (χ2v) is 13.6. The summed E-state index contributed by atoms with van der Waals surface area (Å²) < 4.78 is 33.0. The van der Waals surface area contributed by atoms with Crippen LogP contribution in [0.4, 0.5) is 0 Å². The van der Waals surface area contributed by atoms with E-state index in [0.717, 1.165) is 0 Å². The predicted molar refractivity (Wildman–Crippen MR) is 143 cm³/mol. The molecule has 1 aliphatic heterocycles. The highest BCUT2D eigenvalue weighted by molar-refractivity contribution is 7.92. The van der Waals surface area contributed by atoms with Crippen molar-refractivity contribution >= 4 is 44.9 Å². The van der Waals surface area contributed by atoms with Crippen LogP contribution >= 0.6 is 23.2 Å². The van der Waals surface area contributed by atoms with Crippen molar-refractivity contribution in [1.29, 1.82) is 0 Å². The van der Waals surface area contributed by atoms with Gasteiger partial charge in [-0.15, -0.1) is 0 Å². The number of nitrogens with zero attached hydrogens (tertiary/aromatic N) is 2. The van der Waals surface area contributed by atoms with Gasteiger partial charge in [-0.25, -0.2) is 15.0 Å². The summed E-state index contributed by atoms with van der Waals surface area (Å²) in [5.74, 6) is -2.36. The molecule has 11 heteroatoms. The summed E-state index contributed by atoms with van der Waals surface area (Å²) in [5, 5.41) is 10.5. The van der Waals surface area contributed by atoms with Gasteiger partial charge in [-0.2, -0.15) is 0 Å². The van der Waals surface area contributed by atoms with Crippen molar-refractivity contribution < 1.29 is 27.9 Å². The summed E-state index contributed by atoms with van der Waals surface area (Å²) in [6.07, 6.45) is -1.34. The van der Waals surface area contributed by atoms with Crippen LogP contribution in [0.15, 0.2) is 48.5 Å². The molecule has 1 saturated carbocycles. The second-order valence-electron chi connectivity index (χ2n) is 10.2. The van der Waals surface area contributed by atoms with Crippen LogP contribution in [0.3, 0.4) is 0 Å². The molecule has 0 aromatic heterocycles. The number of amides is 1. The van der Waals surface area contributed by atoms with Crippen LogP contribution < -0.4 is 0 Å². The normalized spacial score (nSPS) is 23.1. The number of rotatable bonds is 9. The number of carboxylic acids is 1. The number of benzene rings is 2. The first-order valence-corrected chi connectivity index (χ1v) is 14.6. The number of carboxylic acid groups (broad SMARTS) is 1. The summed E-state index contributed by atoms with van der Waals surface area (Å²) in [5.41, 5.74) is 1.26. The molecule has 202 valence electrons. The number of carbonyl (C=O) groups is 2. The van der Waals surface area contributed by atoms with Gasteiger partial charge in [-0.1, -0.05) is 47.5 Å². The highest BCUT2D eigenvalue weighted by Crippen LogP contribution is 2.48. The quantitative estimate of drug-likeness (QED) is 0.403. The van der Waals surface area contributed by atoms with Gasteiger partial charge in [0.05, 0.1) is 18.2 Å². The Hall–Kier alpha value is -2.64. The largest absolute Gasteiger partial charge is 0.481 e. The second kappa shape index (κ2) is 10.9. The first-order chi connectivity index (χ1) is 17.8. The monoisotopic (exact) mass is 578 g/mol. The van der Waals surface area contributed by atoms with Crippen LogP contribution in [-0.2, 0) is 24.2 Å². The molecule has 1 N–H and O–H groups in total. The fraction of sp³-hybridized carbons (Fsp3) is 0.444. The Labute approximate surface area is 232 Å². The number of ether oxygens (including phenoxy) is 1. The molecule has 1 heterocycles. The van der Waals surface area contributed by atoms with E-state index in [2.05, 4.69) is 4.85 Å². The zero-order chi connectivity index (χ0) is 27.8. The zero-order valence-corrected chi connectivity index (χ0v) is 23.2. The number of morpholine rings is 1. The van der Waals surface area contributed by atoms with Gasteiger partial charge >= 0.3 is 10.8 Å². The van der Waals surface area contributed by atoms with E-state index in [9.17, 15) is 23.1 Å². The molecule has 1 saturated heterocycles. The van der Waals surface area contributed by atoms with Crippen molar-refractivity contribution in [3.05, 3.63) is 81.1 Å². The first kappa shape index (κ1) is 28.4. The van der Waals surface area contributed by atoms with Crippen molar-refractivity contribution in [2.24, 2.45) is 5.92 Å². The molecule has 8 nitrogen and oxygen atoms in total. The molecule has 1 aliphatic carbocycles. The van der Waals surface area contributed by atoms with Crippen molar-refractivity contribution in [3.63, 3.8) is 0 Å². The number of hydrogen-bond acceptors (Lipinski definition) is 5. The van der Waals surface area contributed by atoms with Crippen molar-refractivity contribution in [2.75, 3.05) is 5.75 Å². The Morgan fingerprint density at radius 1 is 1.16 bits per heavy atom. The minimum atomic E-state index is -3.98. The Kier molecular flexibility index (Phi) is 8.10. The van der Waals surface area contributed by atoms with Crippen LogP contribution in [-0.4, -0.2) is 53.1 Å². The van der Waals surface area contributed by atoms with E-state index in [0.29, 0.717) is 34.0 Å². The van der Waals surface area contributed by atoms with E-state index < -0.39 is 63.0 Å². The van der Waals surface area contributed by atoms with Gasteiger partial charge in [0.2, 0.25) is 9.84 Å². The summed E-state index contributed by atoms with van der Waals surface area (Å²) in [6, 6.07) is 12.1. The van der Waals surface area contributed by atoms with E-state index in [1.807, 2.05) is 0 Å². The van der Waals surface area contributed by atoms with Gasteiger partial charge < -0.3 is 14.7 Å². The Balaban J connectivity index is 1.90. The molecule has 2 aliphatic rings. The Morgan fingerprint density at radius 3 is 2.37 bits per heavy atom. The van der Waals surface area contributed by atoms with E-state index in [4.69, 9.17) is 34.5 Å². The first-order valence-electron chi connectivity index (χ1n) is 12.2. The van der Waals surface area contributed by atoms with E-state index in [-0.39, 0.29) is 5.92 Å². The highest BCUT2D eigenvalue weighted by Gasteiger charge is 2.53. The third kappa shape index (κ3) is 5.84. The standard InChI is InChI=1S/C27H28Cl2N2O6S/c1-27(2,30-3)38(35,36)15-21(16-7-8-16)31-24(17-9-11-19(28)12-10-17)25(18-5-4-6-20(29)13-18)37-22(26(31)34)14-23(32)33/h4-6,9-13,16,21-22,24-25H,7-8,14-15H2,1-2H3,(H,32,33)/t21-,22+,24-,25-/m1/s1. The molecular formula is C27H28Cl2N2O6S. The molecule has 1 amide bonds. The number of sulfone groups is 1. The lowest BCUT2D eigenvalue weighted by atomic mass is 9.89. The molecule has 38 heavy (non-hydrogen) atoms. The average Bonchev–Trinajstić information content (AvgIpc) is 3.69. The summed E-state index contributed by atoms with van der Waals surface area (Å²) in [6.45, 7) is 10.1. The minimum Gasteiger partial charge on any atom is -0.481 e. The maximum absolute atomic E-state index is 14.0. The van der Waals surface area contributed by atoms with Crippen molar-refractivity contribution in [3.8, 4) is 0 Å². The SMILES string of the molecule is [C-]#[N+]C(C)(C)S(=O)(=O)C[C@H](C1CC1)N1C(=O)[C@H](CC(=O)O)O[C@H](c2cccc(Cl)c2)[C@H]1c1ccc(Cl)cc1. The van der Waals surface area contributed by atoms with Crippen LogP contribution in [0.25, 0.3) is 4.85 Å². The van der Waals surface area contributed by atoms with Gasteiger partial charge in [-0.3, -0.25) is 14.4 Å². The number of aliphatic carboxylic acids is 1. The third-order valence-corrected chi connectivity index (χ3v) is 10.0. The fourth-order valence-electron chi connectivity index (χ4n) is 4.79. The minimum absolute atomic E-state index is 0.117. The van der Waals surface area contributed by atoms with Gasteiger partial charge in [0.15, 0.2) is 0 Å². The predicted octanol–water partition coefficient (Wildman–Crippen LogP) is 5.33. The molecule has 0 radical (unpaired) electrons. The smallest absolute Gasteiger partial charge is 0.323 e. The lowest BCUT2D eigenvalue weighted by Crippen LogP contribution is -2.58. The van der Waals surface area contributed by atoms with Crippen LogP contribution in [0.2, 0.25) is 10.0 Å². The Bertz CT molecular complexity index is 1370. The molecular weight excluding hydrogens is 551 g/mol. The van der Waals surface area contributed by atoms with E-state index in [1.165, 1.54) is 18.7 Å². The van der Waals surface area contributed by atoms with Crippen molar-refractivity contribution in [1.82, 2.24) is 4.90 Å². The van der Waals surface area contributed by atoms with E-state index >= 15 is 0 Å². The maximum Gasteiger partial charge on any atom is 0.323 e. The van der Waals surface area contributed by atoms with Crippen molar-refractivity contribution in [2.45, 2.75) is 62.3 Å². The molecule has 0 bridgehead atoms. The molecule has 2 fully saturated rings. The topological polar surface area (TPSA) is 105 Å². The van der Waals surface area contributed by atoms with Crippen LogP contribution in [0, 0.1) is 12.5 Å². The van der Waals surface area contributed by atoms with Gasteiger partial charge in [0, 0.05) is 29.9 Å². The lowest BCUT2D eigenvalue weighted by molar-refractivity contribution is -0.183. The zero-order valence-electron chi connectivity index (χ0n) is 20.9. The van der Waals surface area contributed by atoms with Gasteiger partial charge in [0.25, 0.3) is 5.91 Å². The number of halogens is 2. The molecule has 2 aromatic carbocycles. The average molecular weight is 580 g/mol. The van der Waals surface area contributed by atoms with Gasteiger partial charge in [-0.05, 0) is 54.2 Å². The number of carbonyl (C=O) groups excluding carboxylic acids is 1. The fourth-order valence-corrected chi connectivity index (χ4v) is 6.54. The Morgan fingerprint density at radius 2 is 1.82 bits per heavy atom. The molecule has 0 unspecified atom stereocenters. The summed E-state index contributed by atoms with van der Waals surface area (Å²) in [7, 11) is -3.98. The molecule has 4 atom stereocenters. The van der Waals surface area contributed by atoms with Gasteiger partial charge in [0.1, 0.15) is 12.2 Å².